The van der Waals surface area contributed by atoms with Crippen LogP contribution in [0.25, 0.3) is 0 Å². The third kappa shape index (κ3) is 5.35. The molecule has 0 bridgehead atoms. The Morgan fingerprint density at radius 1 is 1.04 bits per heavy atom. The van der Waals surface area contributed by atoms with Crippen LogP contribution in [-0.4, -0.2) is 46.4 Å². The highest BCUT2D eigenvalue weighted by Gasteiger charge is 2.35. The quantitative estimate of drug-likeness (QED) is 0.719. The summed E-state index contributed by atoms with van der Waals surface area (Å²) < 4.78 is 0. The molecule has 0 radical (unpaired) electrons. The van der Waals surface area contributed by atoms with Crippen molar-refractivity contribution in [1.82, 2.24) is 10.2 Å². The minimum Gasteiger partial charge on any atom is -0.480 e. The molecule has 0 saturated carbocycles. The number of carboxylic acid groups (broad SMARTS) is 1. The number of carbonyl (C=O) groups excluding carboxylic acids is 2. The predicted molar refractivity (Wildman–Crippen MR) is 90.4 cm³/mol. The molecule has 0 spiro atoms. The van der Waals surface area contributed by atoms with Crippen molar-refractivity contribution in [2.45, 2.75) is 76.3 Å². The number of nitrogens with zero attached hydrogens (tertiary/aromatic N) is 1. The molecule has 0 aromatic carbocycles. The van der Waals surface area contributed by atoms with E-state index in [9.17, 15) is 19.5 Å². The van der Waals surface area contributed by atoms with Gasteiger partial charge in [-0.2, -0.15) is 0 Å². The molecule has 1 fully saturated rings. The Kier molecular flexibility index (Phi) is 7.28. The molecule has 2 unspecified atom stereocenters. The summed E-state index contributed by atoms with van der Waals surface area (Å²) in [5.74, 6) is -1.33. The molecule has 0 aliphatic carbocycles. The number of rotatable bonds is 1. The maximum absolute atomic E-state index is 12.5. The Bertz CT molecular complexity index is 489. The van der Waals surface area contributed by atoms with Crippen LogP contribution in [0.2, 0.25) is 0 Å². The number of carbonyl (C=O) groups is 3. The number of amides is 2. The van der Waals surface area contributed by atoms with Crippen LogP contribution in [0.3, 0.4) is 0 Å². The molecule has 0 aromatic rings. The second-order valence-electron chi connectivity index (χ2n) is 6.65. The second-order valence-corrected chi connectivity index (χ2v) is 6.65. The largest absolute Gasteiger partial charge is 0.480 e. The topological polar surface area (TPSA) is 86.7 Å². The first-order valence-electron chi connectivity index (χ1n) is 9.07. The number of carboxylic acids is 1. The van der Waals surface area contributed by atoms with Crippen molar-refractivity contribution in [3.05, 3.63) is 12.2 Å². The van der Waals surface area contributed by atoms with Crippen molar-refractivity contribution in [1.29, 1.82) is 0 Å². The van der Waals surface area contributed by atoms with E-state index in [-0.39, 0.29) is 11.8 Å². The third-order valence-electron chi connectivity index (χ3n) is 4.79. The van der Waals surface area contributed by atoms with E-state index in [1.807, 2.05) is 6.08 Å². The van der Waals surface area contributed by atoms with Crippen LogP contribution >= 0.6 is 0 Å². The smallest absolute Gasteiger partial charge is 0.326 e. The van der Waals surface area contributed by atoms with Crippen LogP contribution < -0.4 is 5.32 Å². The highest BCUT2D eigenvalue weighted by molar-refractivity contribution is 5.90. The van der Waals surface area contributed by atoms with E-state index >= 15 is 0 Å². The molecule has 6 nitrogen and oxygen atoms in total. The zero-order valence-corrected chi connectivity index (χ0v) is 14.2. The first kappa shape index (κ1) is 18.5. The van der Waals surface area contributed by atoms with E-state index in [0.29, 0.717) is 32.2 Å². The van der Waals surface area contributed by atoms with E-state index < -0.39 is 18.1 Å². The fourth-order valence-corrected chi connectivity index (χ4v) is 3.40. The zero-order chi connectivity index (χ0) is 17.4. The molecule has 1 saturated heterocycles. The summed E-state index contributed by atoms with van der Waals surface area (Å²) in [7, 11) is 0. The summed E-state index contributed by atoms with van der Waals surface area (Å²) >= 11 is 0. The van der Waals surface area contributed by atoms with Crippen LogP contribution in [0.4, 0.5) is 0 Å². The fraction of sp³-hybridized carbons (Fsp3) is 0.722. The predicted octanol–water partition coefficient (Wildman–Crippen LogP) is 2.24. The lowest BCUT2D eigenvalue weighted by atomic mass is 10.1. The molecular weight excluding hydrogens is 308 g/mol. The van der Waals surface area contributed by atoms with Gasteiger partial charge >= 0.3 is 5.97 Å². The van der Waals surface area contributed by atoms with Crippen molar-refractivity contribution in [2.24, 2.45) is 0 Å². The van der Waals surface area contributed by atoms with Gasteiger partial charge in [-0.05, 0) is 44.9 Å². The molecule has 0 aromatic heterocycles. The minimum atomic E-state index is -1.02. The summed E-state index contributed by atoms with van der Waals surface area (Å²) in [4.78, 5) is 37.8. The molecule has 2 aliphatic rings. The normalized spacial score (nSPS) is 27.6. The summed E-state index contributed by atoms with van der Waals surface area (Å²) in [5, 5.41) is 11.9. The van der Waals surface area contributed by atoms with Crippen LogP contribution in [-0.2, 0) is 14.4 Å². The molecule has 134 valence electrons. The van der Waals surface area contributed by atoms with Gasteiger partial charge in [0.25, 0.3) is 0 Å². The van der Waals surface area contributed by atoms with Crippen molar-refractivity contribution < 1.29 is 19.5 Å². The SMILES string of the molecule is O=C(O)C1CCC=CCCCCCCC(=O)N2CCCC2C(=O)N1. The van der Waals surface area contributed by atoms with E-state index in [4.69, 9.17) is 0 Å². The van der Waals surface area contributed by atoms with Crippen molar-refractivity contribution in [2.75, 3.05) is 6.54 Å². The fourth-order valence-electron chi connectivity index (χ4n) is 3.40. The Morgan fingerprint density at radius 2 is 1.79 bits per heavy atom. The van der Waals surface area contributed by atoms with Gasteiger partial charge in [0.2, 0.25) is 11.8 Å². The van der Waals surface area contributed by atoms with E-state index in [1.165, 1.54) is 0 Å². The van der Waals surface area contributed by atoms with Gasteiger partial charge in [-0.1, -0.05) is 25.0 Å². The van der Waals surface area contributed by atoms with E-state index in [1.54, 1.807) is 4.90 Å². The van der Waals surface area contributed by atoms with Gasteiger partial charge in [0.05, 0.1) is 0 Å². The molecular formula is C18H28N2O4. The average molecular weight is 336 g/mol. The van der Waals surface area contributed by atoms with Crippen LogP contribution in [0.5, 0.6) is 0 Å². The molecule has 2 amide bonds. The summed E-state index contributed by atoms with van der Waals surface area (Å²) in [6.45, 7) is 0.595. The maximum atomic E-state index is 12.5. The zero-order valence-electron chi connectivity index (χ0n) is 14.2. The first-order valence-corrected chi connectivity index (χ1v) is 9.07. The minimum absolute atomic E-state index is 0.0199. The first-order chi connectivity index (χ1) is 11.6. The number of allylic oxidation sites excluding steroid dienone is 2. The molecule has 2 aliphatic heterocycles. The van der Waals surface area contributed by atoms with Gasteiger partial charge in [-0.25, -0.2) is 4.79 Å². The van der Waals surface area contributed by atoms with Gasteiger partial charge in [0.1, 0.15) is 12.1 Å². The van der Waals surface area contributed by atoms with Crippen LogP contribution in [0.15, 0.2) is 12.2 Å². The summed E-state index contributed by atoms with van der Waals surface area (Å²) in [6.07, 6.45) is 12.0. The van der Waals surface area contributed by atoms with E-state index in [2.05, 4.69) is 11.4 Å². The number of hydrogen-bond donors (Lipinski definition) is 2. The molecule has 2 atom stereocenters. The van der Waals surface area contributed by atoms with Gasteiger partial charge < -0.3 is 15.3 Å². The number of hydrogen-bond acceptors (Lipinski definition) is 3. The van der Waals surface area contributed by atoms with Crippen molar-refractivity contribution in [3.63, 3.8) is 0 Å². The lowest BCUT2D eigenvalue weighted by Gasteiger charge is -2.25. The van der Waals surface area contributed by atoms with Crippen LogP contribution in [0, 0.1) is 0 Å². The Morgan fingerprint density at radius 3 is 2.58 bits per heavy atom. The number of aliphatic carboxylic acids is 1. The van der Waals surface area contributed by atoms with Crippen LogP contribution in [0.1, 0.15) is 64.2 Å². The maximum Gasteiger partial charge on any atom is 0.326 e. The Hall–Kier alpha value is -1.85. The molecule has 2 N–H and O–H groups in total. The van der Waals surface area contributed by atoms with Gasteiger partial charge in [0, 0.05) is 13.0 Å². The molecule has 24 heavy (non-hydrogen) atoms. The van der Waals surface area contributed by atoms with E-state index in [0.717, 1.165) is 38.5 Å². The lowest BCUT2D eigenvalue weighted by molar-refractivity contribution is -0.144. The standard InChI is InChI=1S/C18H28N2O4/c21-16-12-8-6-4-2-1-3-5-7-10-14(18(23)24)19-17(22)15-11-9-13-20(15)16/h3,5,14-15H,1-2,4,6-13H2,(H,19,22)(H,23,24). The molecule has 6 heteroatoms. The third-order valence-corrected chi connectivity index (χ3v) is 4.79. The Balaban J connectivity index is 2.06. The van der Waals surface area contributed by atoms with Gasteiger partial charge in [-0.15, -0.1) is 0 Å². The summed E-state index contributed by atoms with van der Waals surface area (Å²) in [6, 6.07) is -1.41. The lowest BCUT2D eigenvalue weighted by Crippen LogP contribution is -2.50. The second kappa shape index (κ2) is 9.45. The highest BCUT2D eigenvalue weighted by Crippen LogP contribution is 2.20. The van der Waals surface area contributed by atoms with Gasteiger partial charge in [-0.3, -0.25) is 9.59 Å². The van der Waals surface area contributed by atoms with Crippen molar-refractivity contribution in [3.8, 4) is 0 Å². The Labute approximate surface area is 143 Å². The van der Waals surface area contributed by atoms with Crippen molar-refractivity contribution >= 4 is 17.8 Å². The summed E-state index contributed by atoms with van der Waals surface area (Å²) in [5.41, 5.74) is 0. The van der Waals surface area contributed by atoms with Gasteiger partial charge in [0.15, 0.2) is 0 Å². The average Bonchev–Trinajstić information content (AvgIpc) is 3.03. The molecule has 2 heterocycles. The molecule has 2 rings (SSSR count). The highest BCUT2D eigenvalue weighted by atomic mass is 16.4. The monoisotopic (exact) mass is 336 g/mol. The number of nitrogens with one attached hydrogen (secondary N) is 1. The number of fused-ring (bicyclic) bond motifs is 1.